The standard InChI is InChI=1S/C18H21N3O3/c1-21(13-6-11-8-17(22)19-10-12(11)7-13)18(23)9-15-14-4-2-3-5-16(14)24-20-15/h2-5,11-13H,6-10H2,1H3,(H,19,22)/t11-,12+,13-/m0/s1. The van der Waals surface area contributed by atoms with Crippen LogP contribution in [0.1, 0.15) is 25.0 Å². The molecule has 1 aromatic carbocycles. The Balaban J connectivity index is 1.44. The van der Waals surface area contributed by atoms with E-state index in [0.717, 1.165) is 24.8 Å². The highest BCUT2D eigenvalue weighted by Crippen LogP contribution is 2.38. The molecule has 2 heterocycles. The molecular weight excluding hydrogens is 306 g/mol. The van der Waals surface area contributed by atoms with Gasteiger partial charge < -0.3 is 14.7 Å². The number of aromatic nitrogens is 1. The van der Waals surface area contributed by atoms with Gasteiger partial charge >= 0.3 is 0 Å². The monoisotopic (exact) mass is 327 g/mol. The fraction of sp³-hybridized carbons (Fsp3) is 0.500. The average Bonchev–Trinajstić information content (AvgIpc) is 3.18. The summed E-state index contributed by atoms with van der Waals surface area (Å²) in [4.78, 5) is 26.1. The summed E-state index contributed by atoms with van der Waals surface area (Å²) in [6.45, 7) is 0.746. The first-order chi connectivity index (χ1) is 11.6. The highest BCUT2D eigenvalue weighted by molar-refractivity contribution is 5.86. The maximum absolute atomic E-state index is 12.7. The first-order valence-electron chi connectivity index (χ1n) is 8.47. The molecule has 6 nitrogen and oxygen atoms in total. The van der Waals surface area contributed by atoms with Crippen molar-refractivity contribution in [1.29, 1.82) is 0 Å². The van der Waals surface area contributed by atoms with Crippen LogP contribution in [-0.2, 0) is 16.0 Å². The van der Waals surface area contributed by atoms with E-state index in [-0.39, 0.29) is 24.3 Å². The van der Waals surface area contributed by atoms with Gasteiger partial charge in [0.05, 0.1) is 6.42 Å². The lowest BCUT2D eigenvalue weighted by atomic mass is 9.89. The fourth-order valence-corrected chi connectivity index (χ4v) is 4.09. The van der Waals surface area contributed by atoms with Gasteiger partial charge in [0.25, 0.3) is 0 Å². The second-order valence-corrected chi connectivity index (χ2v) is 6.96. The van der Waals surface area contributed by atoms with Gasteiger partial charge in [0.1, 0.15) is 5.69 Å². The normalized spacial score (nSPS) is 26.2. The predicted molar refractivity (Wildman–Crippen MR) is 88.1 cm³/mol. The number of likely N-dealkylation sites (N-methyl/N-ethyl adjacent to an activating group) is 1. The SMILES string of the molecule is CN(C(=O)Cc1noc2ccccc12)[C@H]1C[C@H]2CC(=O)NC[C@H]2C1. The molecule has 3 atom stereocenters. The summed E-state index contributed by atoms with van der Waals surface area (Å²) in [6, 6.07) is 7.80. The summed E-state index contributed by atoms with van der Waals surface area (Å²) >= 11 is 0. The van der Waals surface area contributed by atoms with Gasteiger partial charge in [0.15, 0.2) is 5.58 Å². The Morgan fingerprint density at radius 3 is 3.00 bits per heavy atom. The Morgan fingerprint density at radius 2 is 2.12 bits per heavy atom. The molecule has 4 rings (SSSR count). The molecular formula is C18H21N3O3. The lowest BCUT2D eigenvalue weighted by Gasteiger charge is -2.24. The fourth-order valence-electron chi connectivity index (χ4n) is 4.09. The van der Waals surface area contributed by atoms with Gasteiger partial charge in [-0.05, 0) is 36.8 Å². The molecule has 2 aliphatic rings. The van der Waals surface area contributed by atoms with Crippen molar-refractivity contribution in [2.45, 2.75) is 31.7 Å². The van der Waals surface area contributed by atoms with Gasteiger partial charge in [-0.3, -0.25) is 9.59 Å². The van der Waals surface area contributed by atoms with Gasteiger partial charge in [0, 0.05) is 31.4 Å². The summed E-state index contributed by atoms with van der Waals surface area (Å²) in [5.41, 5.74) is 1.40. The Labute approximate surface area is 140 Å². The zero-order valence-electron chi connectivity index (χ0n) is 13.7. The first kappa shape index (κ1) is 15.2. The number of carbonyl (C=O) groups is 2. The Kier molecular flexibility index (Phi) is 3.75. The molecule has 0 spiro atoms. The molecule has 6 heteroatoms. The topological polar surface area (TPSA) is 75.4 Å². The van der Waals surface area contributed by atoms with E-state index < -0.39 is 0 Å². The molecule has 0 bridgehead atoms. The molecule has 2 fully saturated rings. The van der Waals surface area contributed by atoms with Crippen LogP contribution in [0.25, 0.3) is 11.0 Å². The van der Waals surface area contributed by atoms with Gasteiger partial charge in [-0.2, -0.15) is 0 Å². The van der Waals surface area contributed by atoms with Crippen LogP contribution in [0.15, 0.2) is 28.8 Å². The number of hydrogen-bond donors (Lipinski definition) is 1. The molecule has 1 aliphatic carbocycles. The van der Waals surface area contributed by atoms with Gasteiger partial charge in [0.2, 0.25) is 11.8 Å². The molecule has 2 aromatic rings. The summed E-state index contributed by atoms with van der Waals surface area (Å²) < 4.78 is 5.28. The second-order valence-electron chi connectivity index (χ2n) is 6.96. The van der Waals surface area contributed by atoms with E-state index in [1.54, 1.807) is 0 Å². The minimum absolute atomic E-state index is 0.0528. The number of nitrogens with one attached hydrogen (secondary N) is 1. The van der Waals surface area contributed by atoms with E-state index in [1.165, 1.54) is 0 Å². The van der Waals surface area contributed by atoms with Crippen molar-refractivity contribution < 1.29 is 14.1 Å². The van der Waals surface area contributed by atoms with Crippen LogP contribution in [0.3, 0.4) is 0 Å². The number of piperidine rings is 1. The van der Waals surface area contributed by atoms with E-state index in [0.29, 0.717) is 29.5 Å². The van der Waals surface area contributed by atoms with Crippen LogP contribution in [0.2, 0.25) is 0 Å². The quantitative estimate of drug-likeness (QED) is 0.932. The Bertz CT molecular complexity index is 785. The van der Waals surface area contributed by atoms with Crippen LogP contribution in [0.4, 0.5) is 0 Å². The number of para-hydroxylation sites is 1. The zero-order chi connectivity index (χ0) is 16.7. The lowest BCUT2D eigenvalue weighted by Crippen LogP contribution is -2.38. The molecule has 1 saturated heterocycles. The number of fused-ring (bicyclic) bond motifs is 2. The third-order valence-electron chi connectivity index (χ3n) is 5.54. The van der Waals surface area contributed by atoms with Crippen molar-refractivity contribution in [3.05, 3.63) is 30.0 Å². The molecule has 2 amide bonds. The highest BCUT2D eigenvalue weighted by atomic mass is 16.5. The van der Waals surface area contributed by atoms with Crippen LogP contribution >= 0.6 is 0 Å². The molecule has 0 radical (unpaired) electrons. The van der Waals surface area contributed by atoms with Crippen molar-refractivity contribution in [2.24, 2.45) is 11.8 Å². The zero-order valence-corrected chi connectivity index (χ0v) is 13.7. The van der Waals surface area contributed by atoms with E-state index in [2.05, 4.69) is 10.5 Å². The van der Waals surface area contributed by atoms with E-state index in [4.69, 9.17) is 4.52 Å². The van der Waals surface area contributed by atoms with Crippen LogP contribution < -0.4 is 5.32 Å². The van der Waals surface area contributed by atoms with Crippen molar-refractivity contribution >= 4 is 22.8 Å². The average molecular weight is 327 g/mol. The number of amides is 2. The van der Waals surface area contributed by atoms with Gasteiger partial charge in [-0.15, -0.1) is 0 Å². The number of benzene rings is 1. The first-order valence-corrected chi connectivity index (χ1v) is 8.47. The van der Waals surface area contributed by atoms with Crippen LogP contribution in [0, 0.1) is 11.8 Å². The molecule has 126 valence electrons. The molecule has 1 aliphatic heterocycles. The summed E-state index contributed by atoms with van der Waals surface area (Å²) in [5, 5.41) is 7.88. The predicted octanol–water partition coefficient (Wildman–Crippen LogP) is 1.74. The Morgan fingerprint density at radius 1 is 1.33 bits per heavy atom. The maximum Gasteiger partial charge on any atom is 0.228 e. The highest BCUT2D eigenvalue weighted by Gasteiger charge is 2.40. The number of carbonyl (C=O) groups excluding carboxylic acids is 2. The van der Waals surface area contributed by atoms with Crippen LogP contribution in [0.5, 0.6) is 0 Å². The van der Waals surface area contributed by atoms with E-state index >= 15 is 0 Å². The third kappa shape index (κ3) is 2.66. The van der Waals surface area contributed by atoms with Crippen LogP contribution in [-0.4, -0.2) is 41.5 Å². The lowest BCUT2D eigenvalue weighted by molar-refractivity contribution is -0.131. The minimum atomic E-state index is 0.0528. The molecule has 1 aromatic heterocycles. The van der Waals surface area contributed by atoms with E-state index in [1.807, 2.05) is 36.2 Å². The maximum atomic E-state index is 12.7. The van der Waals surface area contributed by atoms with Crippen molar-refractivity contribution in [2.75, 3.05) is 13.6 Å². The summed E-state index contributed by atoms with van der Waals surface area (Å²) in [6.07, 6.45) is 2.72. The van der Waals surface area contributed by atoms with Gasteiger partial charge in [-0.25, -0.2) is 0 Å². The van der Waals surface area contributed by atoms with Crippen molar-refractivity contribution in [1.82, 2.24) is 15.4 Å². The van der Waals surface area contributed by atoms with Crippen molar-refractivity contribution in [3.8, 4) is 0 Å². The smallest absolute Gasteiger partial charge is 0.228 e. The van der Waals surface area contributed by atoms with Gasteiger partial charge in [-0.1, -0.05) is 17.3 Å². The molecule has 1 N–H and O–H groups in total. The summed E-state index contributed by atoms with van der Waals surface area (Å²) in [7, 11) is 1.86. The largest absolute Gasteiger partial charge is 0.356 e. The number of hydrogen-bond acceptors (Lipinski definition) is 4. The molecule has 24 heavy (non-hydrogen) atoms. The third-order valence-corrected chi connectivity index (χ3v) is 5.54. The number of nitrogens with zero attached hydrogens (tertiary/aromatic N) is 2. The van der Waals surface area contributed by atoms with E-state index in [9.17, 15) is 9.59 Å². The molecule has 0 unspecified atom stereocenters. The summed E-state index contributed by atoms with van der Waals surface area (Å²) in [5.74, 6) is 1.10. The minimum Gasteiger partial charge on any atom is -0.356 e. The molecule has 1 saturated carbocycles. The Hall–Kier alpha value is -2.37. The van der Waals surface area contributed by atoms with Crippen molar-refractivity contribution in [3.63, 3.8) is 0 Å². The number of rotatable bonds is 3. The second kappa shape index (κ2) is 5.92.